The van der Waals surface area contributed by atoms with Gasteiger partial charge in [-0.3, -0.25) is 9.59 Å². The first kappa shape index (κ1) is 22.6. The Hall–Kier alpha value is -4.56. The Kier molecular flexibility index (Phi) is 5.40. The van der Waals surface area contributed by atoms with Crippen LogP contribution in [0.5, 0.6) is 0 Å². The van der Waals surface area contributed by atoms with Crippen LogP contribution in [0, 0.1) is 0 Å². The van der Waals surface area contributed by atoms with Crippen molar-refractivity contribution in [3.8, 4) is 0 Å². The number of hydrogen-bond donors (Lipinski definition) is 0. The SMILES string of the molecule is O=C1c2ccccc2C(=O)c2cc3ccccc3cc21.c1ccc2c(c1)ccc1c3c(ccc12)CCCC3. The van der Waals surface area contributed by atoms with Gasteiger partial charge in [0.1, 0.15) is 0 Å². The van der Waals surface area contributed by atoms with Crippen LogP contribution >= 0.6 is 0 Å². The molecule has 0 atom stereocenters. The minimum atomic E-state index is -0.0686. The van der Waals surface area contributed by atoms with E-state index in [0.717, 1.165) is 10.8 Å². The van der Waals surface area contributed by atoms with Crippen molar-refractivity contribution in [1.29, 1.82) is 0 Å². The highest BCUT2D eigenvalue weighted by Gasteiger charge is 2.29. The fraction of sp³-hybridized carbons (Fsp3) is 0.111. The highest BCUT2D eigenvalue weighted by Crippen LogP contribution is 2.33. The Balaban J connectivity index is 0.000000128. The fourth-order valence-corrected chi connectivity index (χ4v) is 6.13. The van der Waals surface area contributed by atoms with Gasteiger partial charge in [-0.1, -0.05) is 97.1 Å². The molecular formula is C36H26O2. The molecule has 0 aliphatic heterocycles. The van der Waals surface area contributed by atoms with Crippen LogP contribution in [-0.2, 0) is 12.8 Å². The molecule has 0 N–H and O–H groups in total. The Bertz CT molecular complexity index is 1840. The second-order valence-corrected chi connectivity index (χ2v) is 10.2. The van der Waals surface area contributed by atoms with E-state index in [2.05, 4.69) is 48.5 Å². The maximum absolute atomic E-state index is 12.5. The first-order valence-electron chi connectivity index (χ1n) is 13.3. The molecule has 0 radical (unpaired) electrons. The van der Waals surface area contributed by atoms with E-state index >= 15 is 0 Å². The lowest BCUT2D eigenvalue weighted by atomic mass is 9.83. The Morgan fingerprint density at radius 2 is 0.974 bits per heavy atom. The second kappa shape index (κ2) is 9.08. The number of aryl methyl sites for hydroxylation is 2. The van der Waals surface area contributed by atoms with Gasteiger partial charge < -0.3 is 0 Å². The Labute approximate surface area is 221 Å². The van der Waals surface area contributed by atoms with Crippen molar-refractivity contribution in [2.75, 3.05) is 0 Å². The lowest BCUT2D eigenvalue weighted by Crippen LogP contribution is -2.20. The third-order valence-electron chi connectivity index (χ3n) is 8.05. The standard InChI is InChI=1S/C18H10O2.C18H16/c19-17-13-7-3-4-8-14(13)18(20)16-10-12-6-2-1-5-11(12)9-15(16)17;1-3-7-15-13(5-1)9-11-18-16-8-4-2-6-14(16)10-12-17(15)18/h1-10H;1,3,5,7,9-12H,2,4,6,8H2. The van der Waals surface area contributed by atoms with Crippen LogP contribution in [-0.4, -0.2) is 11.6 Å². The van der Waals surface area contributed by atoms with Gasteiger partial charge in [0.05, 0.1) is 0 Å². The van der Waals surface area contributed by atoms with Gasteiger partial charge in [0.15, 0.2) is 11.6 Å². The molecule has 0 saturated heterocycles. The van der Waals surface area contributed by atoms with Crippen molar-refractivity contribution in [3.05, 3.63) is 143 Å². The lowest BCUT2D eigenvalue weighted by Gasteiger charge is -2.18. The van der Waals surface area contributed by atoms with E-state index in [0.29, 0.717) is 22.3 Å². The van der Waals surface area contributed by atoms with Gasteiger partial charge in [-0.2, -0.15) is 0 Å². The maximum Gasteiger partial charge on any atom is 0.194 e. The van der Waals surface area contributed by atoms with E-state index in [1.165, 1.54) is 47.2 Å². The number of carbonyl (C=O) groups is 2. The van der Waals surface area contributed by atoms with Gasteiger partial charge in [0.25, 0.3) is 0 Å². The summed E-state index contributed by atoms with van der Waals surface area (Å²) in [6.45, 7) is 0. The third-order valence-corrected chi connectivity index (χ3v) is 8.05. The first-order chi connectivity index (χ1) is 18.7. The molecule has 0 bridgehead atoms. The largest absolute Gasteiger partial charge is 0.289 e. The number of rotatable bonds is 0. The molecule has 2 aliphatic rings. The zero-order valence-corrected chi connectivity index (χ0v) is 21.0. The minimum Gasteiger partial charge on any atom is -0.289 e. The van der Waals surface area contributed by atoms with Crippen molar-refractivity contribution >= 4 is 43.9 Å². The zero-order chi connectivity index (χ0) is 25.6. The van der Waals surface area contributed by atoms with Gasteiger partial charge in [0, 0.05) is 22.3 Å². The van der Waals surface area contributed by atoms with Crippen molar-refractivity contribution in [2.45, 2.75) is 25.7 Å². The molecule has 0 heterocycles. The molecule has 0 spiro atoms. The highest BCUT2D eigenvalue weighted by atomic mass is 16.1. The molecule has 8 rings (SSSR count). The topological polar surface area (TPSA) is 34.1 Å². The highest BCUT2D eigenvalue weighted by molar-refractivity contribution is 6.29. The average molecular weight is 491 g/mol. The van der Waals surface area contributed by atoms with Crippen LogP contribution in [0.4, 0.5) is 0 Å². The average Bonchev–Trinajstić information content (AvgIpc) is 2.99. The quantitative estimate of drug-likeness (QED) is 0.200. The summed E-state index contributed by atoms with van der Waals surface area (Å²) in [6.07, 6.45) is 5.22. The summed E-state index contributed by atoms with van der Waals surface area (Å²) in [5, 5.41) is 7.60. The van der Waals surface area contributed by atoms with Crippen molar-refractivity contribution in [3.63, 3.8) is 0 Å². The van der Waals surface area contributed by atoms with Crippen LogP contribution in [0.1, 0.15) is 55.8 Å². The van der Waals surface area contributed by atoms with E-state index in [1.54, 1.807) is 35.4 Å². The van der Waals surface area contributed by atoms with Gasteiger partial charge in [-0.05, 0) is 81.3 Å². The molecule has 6 aromatic carbocycles. The van der Waals surface area contributed by atoms with Gasteiger partial charge in [-0.15, -0.1) is 0 Å². The van der Waals surface area contributed by atoms with Crippen LogP contribution < -0.4 is 0 Å². The molecule has 38 heavy (non-hydrogen) atoms. The normalized spacial score (nSPS) is 14.0. The molecule has 2 nitrogen and oxygen atoms in total. The smallest absolute Gasteiger partial charge is 0.194 e. The summed E-state index contributed by atoms with van der Waals surface area (Å²) in [4.78, 5) is 25.1. The summed E-state index contributed by atoms with van der Waals surface area (Å²) >= 11 is 0. The van der Waals surface area contributed by atoms with E-state index in [4.69, 9.17) is 0 Å². The Morgan fingerprint density at radius 1 is 0.421 bits per heavy atom. The maximum atomic E-state index is 12.5. The molecule has 2 aliphatic carbocycles. The van der Waals surface area contributed by atoms with Crippen molar-refractivity contribution in [2.24, 2.45) is 0 Å². The molecule has 0 saturated carbocycles. The van der Waals surface area contributed by atoms with Crippen molar-refractivity contribution < 1.29 is 9.59 Å². The molecule has 182 valence electrons. The summed E-state index contributed by atoms with van der Waals surface area (Å²) in [7, 11) is 0. The molecule has 2 heteroatoms. The van der Waals surface area contributed by atoms with Gasteiger partial charge >= 0.3 is 0 Å². The van der Waals surface area contributed by atoms with E-state index in [9.17, 15) is 9.59 Å². The minimum absolute atomic E-state index is 0.0686. The number of carbonyl (C=O) groups excluding carboxylic acids is 2. The molecule has 6 aromatic rings. The van der Waals surface area contributed by atoms with E-state index < -0.39 is 0 Å². The van der Waals surface area contributed by atoms with Crippen LogP contribution in [0.25, 0.3) is 32.3 Å². The fourth-order valence-electron chi connectivity index (χ4n) is 6.13. The molecular weight excluding hydrogens is 464 g/mol. The van der Waals surface area contributed by atoms with E-state index in [1.807, 2.05) is 36.4 Å². The number of ketones is 2. The second-order valence-electron chi connectivity index (χ2n) is 10.2. The molecule has 0 fully saturated rings. The monoisotopic (exact) mass is 490 g/mol. The summed E-state index contributed by atoms with van der Waals surface area (Å²) in [6, 6.07) is 36.4. The number of benzene rings is 6. The lowest BCUT2D eigenvalue weighted by molar-refractivity contribution is 0.0979. The number of fused-ring (bicyclic) bond motifs is 8. The van der Waals surface area contributed by atoms with Crippen LogP contribution in [0.3, 0.4) is 0 Å². The van der Waals surface area contributed by atoms with Crippen LogP contribution in [0.15, 0.2) is 109 Å². The zero-order valence-electron chi connectivity index (χ0n) is 21.0. The summed E-state index contributed by atoms with van der Waals surface area (Å²) in [5.41, 5.74) is 5.19. The third kappa shape index (κ3) is 3.64. The van der Waals surface area contributed by atoms with Gasteiger partial charge in [-0.25, -0.2) is 0 Å². The predicted octanol–water partition coefficient (Wildman–Crippen LogP) is 8.49. The summed E-state index contributed by atoms with van der Waals surface area (Å²) in [5.74, 6) is -0.137. The Morgan fingerprint density at radius 3 is 1.66 bits per heavy atom. The van der Waals surface area contributed by atoms with Crippen LogP contribution in [0.2, 0.25) is 0 Å². The molecule has 0 aromatic heterocycles. The first-order valence-corrected chi connectivity index (χ1v) is 13.3. The van der Waals surface area contributed by atoms with Crippen molar-refractivity contribution in [1.82, 2.24) is 0 Å². The predicted molar refractivity (Wildman–Crippen MR) is 155 cm³/mol. The number of hydrogen-bond acceptors (Lipinski definition) is 2. The summed E-state index contributed by atoms with van der Waals surface area (Å²) < 4.78 is 0. The molecule has 0 amide bonds. The van der Waals surface area contributed by atoms with E-state index in [-0.39, 0.29) is 11.6 Å². The van der Waals surface area contributed by atoms with Gasteiger partial charge in [0.2, 0.25) is 0 Å². The molecule has 0 unspecified atom stereocenters.